The largest absolute Gasteiger partial charge is 0.493 e. The number of benzene rings is 1. The lowest BCUT2D eigenvalue weighted by molar-refractivity contribution is -0.149. The van der Waals surface area contributed by atoms with Crippen LogP contribution in [-0.4, -0.2) is 90.3 Å². The zero-order valence-electron chi connectivity index (χ0n) is 24.9. The number of carbonyl (C=O) groups excluding carboxylic acids is 2. The highest BCUT2D eigenvalue weighted by molar-refractivity contribution is 5.96. The molecular weight excluding hydrogens is 552 g/mol. The van der Waals surface area contributed by atoms with Gasteiger partial charge in [0.1, 0.15) is 12.2 Å². The highest BCUT2D eigenvalue weighted by Gasteiger charge is 2.56. The van der Waals surface area contributed by atoms with Crippen LogP contribution in [0, 0.1) is 29.1 Å². The lowest BCUT2D eigenvalue weighted by Crippen LogP contribution is -2.60. The Balaban J connectivity index is 1.29. The van der Waals surface area contributed by atoms with Crippen molar-refractivity contribution in [3.05, 3.63) is 34.9 Å². The van der Waals surface area contributed by atoms with E-state index < -0.39 is 24.2 Å². The van der Waals surface area contributed by atoms with Crippen molar-refractivity contribution in [2.75, 3.05) is 40.0 Å². The molecule has 2 aliphatic heterocycles. The van der Waals surface area contributed by atoms with E-state index in [1.54, 1.807) is 18.2 Å². The summed E-state index contributed by atoms with van der Waals surface area (Å²) in [6.07, 6.45) is 7.66. The molecule has 7 aliphatic rings. The van der Waals surface area contributed by atoms with Crippen molar-refractivity contribution < 1.29 is 39.1 Å². The van der Waals surface area contributed by atoms with Gasteiger partial charge in [-0.25, -0.2) is 0 Å². The average molecular weight is 597 g/mol. The molecule has 5 atom stereocenters. The van der Waals surface area contributed by atoms with Crippen LogP contribution >= 0.6 is 0 Å². The lowest BCUT2D eigenvalue weighted by Gasteiger charge is -2.58. The van der Waals surface area contributed by atoms with E-state index in [2.05, 4.69) is 5.32 Å². The molecule has 4 saturated carbocycles. The van der Waals surface area contributed by atoms with Gasteiger partial charge in [-0.1, -0.05) is 0 Å². The van der Waals surface area contributed by atoms with Crippen LogP contribution in [0.25, 0.3) is 0 Å². The molecule has 5 aliphatic carbocycles. The van der Waals surface area contributed by atoms with E-state index in [0.717, 1.165) is 19.3 Å². The first-order valence-electron chi connectivity index (χ1n) is 16.0. The van der Waals surface area contributed by atoms with Crippen molar-refractivity contribution in [3.63, 3.8) is 0 Å². The maximum absolute atomic E-state index is 14.3. The molecule has 4 N–H and O–H groups in total. The van der Waals surface area contributed by atoms with Crippen molar-refractivity contribution in [3.8, 4) is 11.5 Å². The molecule has 10 heteroatoms. The number of fused-ring (bicyclic) bond motifs is 3. The van der Waals surface area contributed by atoms with Crippen LogP contribution in [0.4, 0.5) is 0 Å². The van der Waals surface area contributed by atoms with Gasteiger partial charge in [-0.3, -0.25) is 9.59 Å². The SMILES string of the molecule is COc1cc(CO)cc2c1OC1C2C(C(=O)NCCO)=CC(N(CC23CC4CC(CC(C4)C2)C3)C(=O)C2CCOC2)C1O. The summed E-state index contributed by atoms with van der Waals surface area (Å²) in [6, 6.07) is 2.71. The average Bonchev–Trinajstić information content (AvgIpc) is 3.67. The number of rotatable bonds is 9. The fraction of sp³-hybridized carbons (Fsp3) is 0.697. The minimum absolute atomic E-state index is 0.0202. The van der Waals surface area contributed by atoms with Gasteiger partial charge in [-0.2, -0.15) is 0 Å². The normalized spacial score (nSPS) is 36.9. The number of aliphatic hydroxyl groups excluding tert-OH is 3. The van der Waals surface area contributed by atoms with E-state index >= 15 is 0 Å². The molecule has 10 nitrogen and oxygen atoms in total. The Labute approximate surface area is 252 Å². The van der Waals surface area contributed by atoms with Crippen LogP contribution < -0.4 is 14.8 Å². The maximum Gasteiger partial charge on any atom is 0.247 e. The molecule has 1 saturated heterocycles. The Hall–Kier alpha value is -2.66. The molecule has 1 aromatic rings. The second-order valence-corrected chi connectivity index (χ2v) is 14.0. The minimum Gasteiger partial charge on any atom is -0.493 e. The summed E-state index contributed by atoms with van der Waals surface area (Å²) >= 11 is 0. The Morgan fingerprint density at radius 2 is 1.84 bits per heavy atom. The number of aliphatic hydroxyl groups is 3. The third kappa shape index (κ3) is 5.04. The molecule has 4 bridgehead atoms. The van der Waals surface area contributed by atoms with Crippen LogP contribution in [0.15, 0.2) is 23.8 Å². The van der Waals surface area contributed by atoms with E-state index in [4.69, 9.17) is 14.2 Å². The minimum atomic E-state index is -1.10. The van der Waals surface area contributed by atoms with Gasteiger partial charge in [-0.05, 0) is 91.9 Å². The standard InChI is InChI=1S/C33H44N2O8/c1-41-26-10-21(15-37)9-23-27-24(31(39)34-3-4-36)11-25(28(38)30(27)43-29(23)26)35(32(40)22-2-5-42-16-22)17-33-12-18-6-19(13-33)8-20(7-18)14-33/h9-11,18-20,22,25,27-28,30,36-38H,2-8,12-17H2,1H3,(H,34,39). The number of nitrogens with zero attached hydrogens (tertiary/aromatic N) is 1. The van der Waals surface area contributed by atoms with Crippen molar-refractivity contribution in [1.82, 2.24) is 10.2 Å². The second kappa shape index (κ2) is 11.4. The molecule has 0 aromatic heterocycles. The highest BCUT2D eigenvalue weighted by atomic mass is 16.5. The molecule has 5 unspecified atom stereocenters. The molecule has 5 fully saturated rings. The number of carbonyl (C=O) groups is 2. The first kappa shape index (κ1) is 29.1. The summed E-state index contributed by atoms with van der Waals surface area (Å²) in [5.74, 6) is 1.63. The summed E-state index contributed by atoms with van der Waals surface area (Å²) in [7, 11) is 1.52. The van der Waals surface area contributed by atoms with Gasteiger partial charge in [0.15, 0.2) is 11.5 Å². The third-order valence-electron chi connectivity index (χ3n) is 11.1. The molecule has 1 aromatic carbocycles. The Bertz CT molecular complexity index is 1250. The van der Waals surface area contributed by atoms with Crippen LogP contribution in [0.3, 0.4) is 0 Å². The summed E-state index contributed by atoms with van der Waals surface area (Å²) in [5.41, 5.74) is 1.66. The monoisotopic (exact) mass is 596 g/mol. The number of methoxy groups -OCH3 is 1. The van der Waals surface area contributed by atoms with Gasteiger partial charge in [-0.15, -0.1) is 0 Å². The lowest BCUT2D eigenvalue weighted by atomic mass is 9.49. The number of hydrogen-bond donors (Lipinski definition) is 4. The zero-order chi connectivity index (χ0) is 29.9. The number of amides is 2. The van der Waals surface area contributed by atoms with Crippen LogP contribution in [-0.2, 0) is 20.9 Å². The van der Waals surface area contributed by atoms with Crippen molar-refractivity contribution in [2.24, 2.45) is 29.1 Å². The van der Waals surface area contributed by atoms with Crippen LogP contribution in [0.2, 0.25) is 0 Å². The van der Waals surface area contributed by atoms with Crippen molar-refractivity contribution in [2.45, 2.75) is 75.7 Å². The summed E-state index contributed by atoms with van der Waals surface area (Å²) < 4.78 is 17.6. The first-order valence-corrected chi connectivity index (χ1v) is 16.0. The number of nitrogens with one attached hydrogen (secondary N) is 1. The Kier molecular flexibility index (Phi) is 7.68. The molecule has 2 heterocycles. The summed E-state index contributed by atoms with van der Waals surface area (Å²) in [6.45, 7) is 1.09. The topological polar surface area (TPSA) is 138 Å². The van der Waals surface area contributed by atoms with Crippen LogP contribution in [0.1, 0.15) is 62.0 Å². The predicted molar refractivity (Wildman–Crippen MR) is 155 cm³/mol. The molecular formula is C33H44N2O8. The fourth-order valence-electron chi connectivity index (χ4n) is 9.76. The third-order valence-corrected chi connectivity index (χ3v) is 11.1. The molecule has 8 rings (SSSR count). The summed E-state index contributed by atoms with van der Waals surface area (Å²) in [4.78, 5) is 29.9. The number of hydrogen-bond acceptors (Lipinski definition) is 8. The van der Waals surface area contributed by atoms with Crippen molar-refractivity contribution in [1.29, 1.82) is 0 Å². The van der Waals surface area contributed by atoms with Gasteiger partial charge in [0, 0.05) is 30.8 Å². The fourth-order valence-corrected chi connectivity index (χ4v) is 9.76. The molecule has 2 amide bonds. The quantitative estimate of drug-likeness (QED) is 0.339. The van der Waals surface area contributed by atoms with Gasteiger partial charge in [0.2, 0.25) is 11.8 Å². The van der Waals surface area contributed by atoms with Gasteiger partial charge in [0.05, 0.1) is 44.8 Å². The number of ether oxygens (including phenoxy) is 3. The predicted octanol–water partition coefficient (Wildman–Crippen LogP) is 1.89. The van der Waals surface area contributed by atoms with Gasteiger partial charge in [0.25, 0.3) is 0 Å². The van der Waals surface area contributed by atoms with E-state index in [0.29, 0.717) is 72.1 Å². The Morgan fingerprint density at radius 3 is 2.44 bits per heavy atom. The van der Waals surface area contributed by atoms with E-state index in [9.17, 15) is 24.9 Å². The van der Waals surface area contributed by atoms with E-state index in [-0.39, 0.29) is 42.9 Å². The van der Waals surface area contributed by atoms with Crippen LogP contribution in [0.5, 0.6) is 11.5 Å². The highest BCUT2D eigenvalue weighted by Crippen LogP contribution is 2.61. The zero-order valence-corrected chi connectivity index (χ0v) is 24.9. The Morgan fingerprint density at radius 1 is 1.12 bits per heavy atom. The van der Waals surface area contributed by atoms with Gasteiger partial charge >= 0.3 is 0 Å². The molecule has 0 spiro atoms. The smallest absolute Gasteiger partial charge is 0.247 e. The first-order chi connectivity index (χ1) is 20.8. The molecule has 0 radical (unpaired) electrons. The second-order valence-electron chi connectivity index (χ2n) is 14.0. The maximum atomic E-state index is 14.3. The van der Waals surface area contributed by atoms with E-state index in [1.165, 1.54) is 26.4 Å². The van der Waals surface area contributed by atoms with Crippen molar-refractivity contribution >= 4 is 11.8 Å². The molecule has 43 heavy (non-hydrogen) atoms. The molecule has 234 valence electrons. The van der Waals surface area contributed by atoms with E-state index in [1.807, 2.05) is 4.90 Å². The summed E-state index contributed by atoms with van der Waals surface area (Å²) in [5, 5.41) is 34.3. The van der Waals surface area contributed by atoms with Gasteiger partial charge < -0.3 is 39.7 Å².